The Hall–Kier alpha value is -0.430. The minimum Gasteiger partial charge on any atom is -0.310 e. The van der Waals surface area contributed by atoms with Crippen molar-refractivity contribution in [3.8, 4) is 0 Å². The van der Waals surface area contributed by atoms with Gasteiger partial charge in [0.25, 0.3) is 10.0 Å². The normalized spacial score (nSPS) is 16.2. The smallest absolute Gasteiger partial charge is 0.252 e. The molecular weight excluding hydrogens is 292 g/mol. The van der Waals surface area contributed by atoms with Gasteiger partial charge in [0, 0.05) is 25.7 Å². The Bertz CT molecular complexity index is 531. The fourth-order valence-electron chi connectivity index (χ4n) is 2.27. The second-order valence-electron chi connectivity index (χ2n) is 5.42. The first kappa shape index (κ1) is 15.9. The van der Waals surface area contributed by atoms with E-state index in [0.29, 0.717) is 10.3 Å². The summed E-state index contributed by atoms with van der Waals surface area (Å²) in [4.78, 5) is 0. The molecule has 0 spiro atoms. The predicted molar refractivity (Wildman–Crippen MR) is 83.5 cm³/mol. The van der Waals surface area contributed by atoms with Gasteiger partial charge in [-0.25, -0.2) is 8.42 Å². The number of nitrogens with one attached hydrogen (secondary N) is 1. The number of nitrogens with zero attached hydrogens (tertiary/aromatic N) is 1. The maximum Gasteiger partial charge on any atom is 0.252 e. The van der Waals surface area contributed by atoms with Crippen molar-refractivity contribution in [1.82, 2.24) is 9.62 Å². The molecule has 20 heavy (non-hydrogen) atoms. The number of hydrogen-bond acceptors (Lipinski definition) is 4. The second kappa shape index (κ2) is 6.56. The van der Waals surface area contributed by atoms with E-state index in [0.717, 1.165) is 24.9 Å². The molecule has 0 aliphatic heterocycles. The molecule has 6 heteroatoms. The number of rotatable bonds is 8. The highest BCUT2D eigenvalue weighted by molar-refractivity contribution is 7.91. The van der Waals surface area contributed by atoms with Crippen LogP contribution < -0.4 is 5.32 Å². The van der Waals surface area contributed by atoms with Gasteiger partial charge in [0.05, 0.1) is 0 Å². The molecule has 1 aromatic rings. The van der Waals surface area contributed by atoms with Gasteiger partial charge in [0.15, 0.2) is 0 Å². The Kier molecular flexibility index (Phi) is 5.23. The zero-order chi connectivity index (χ0) is 14.8. The maximum atomic E-state index is 12.6. The Morgan fingerprint density at radius 1 is 1.40 bits per heavy atom. The Balaban J connectivity index is 2.07. The maximum absolute atomic E-state index is 12.6. The molecule has 0 radical (unpaired) electrons. The summed E-state index contributed by atoms with van der Waals surface area (Å²) in [5.74, 6) is 0. The van der Waals surface area contributed by atoms with Gasteiger partial charge in [-0.3, -0.25) is 0 Å². The summed E-state index contributed by atoms with van der Waals surface area (Å²) >= 11 is 1.33. The van der Waals surface area contributed by atoms with E-state index in [9.17, 15) is 8.42 Å². The van der Waals surface area contributed by atoms with Crippen molar-refractivity contribution in [3.05, 3.63) is 17.0 Å². The molecule has 1 N–H and O–H groups in total. The molecular formula is C14H24N2O2S2. The Morgan fingerprint density at radius 3 is 2.60 bits per heavy atom. The first-order valence-electron chi connectivity index (χ1n) is 7.27. The van der Waals surface area contributed by atoms with Crippen molar-refractivity contribution in [2.75, 3.05) is 7.05 Å². The molecule has 2 rings (SSSR count). The lowest BCUT2D eigenvalue weighted by Crippen LogP contribution is -2.35. The van der Waals surface area contributed by atoms with Crippen LogP contribution in [0.4, 0.5) is 0 Å². The van der Waals surface area contributed by atoms with Crippen molar-refractivity contribution in [3.63, 3.8) is 0 Å². The van der Waals surface area contributed by atoms with Crippen molar-refractivity contribution in [1.29, 1.82) is 0 Å². The van der Waals surface area contributed by atoms with E-state index >= 15 is 0 Å². The lowest BCUT2D eigenvalue weighted by molar-refractivity contribution is 0.350. The van der Waals surface area contributed by atoms with Gasteiger partial charge in [-0.2, -0.15) is 4.31 Å². The molecule has 0 aromatic carbocycles. The number of sulfonamides is 1. The van der Waals surface area contributed by atoms with E-state index in [1.165, 1.54) is 28.5 Å². The topological polar surface area (TPSA) is 49.4 Å². The molecule has 1 heterocycles. The molecule has 0 amide bonds. The zero-order valence-corrected chi connectivity index (χ0v) is 14.1. The fraction of sp³-hybridized carbons (Fsp3) is 0.714. The van der Waals surface area contributed by atoms with Crippen LogP contribution in [0.25, 0.3) is 0 Å². The summed E-state index contributed by atoms with van der Waals surface area (Å²) in [6.45, 7) is 4.82. The van der Waals surface area contributed by atoms with E-state index in [4.69, 9.17) is 0 Å². The molecule has 0 atom stereocenters. The van der Waals surface area contributed by atoms with Gasteiger partial charge in [0.2, 0.25) is 0 Å². The lowest BCUT2D eigenvalue weighted by atomic mass is 10.2. The highest BCUT2D eigenvalue weighted by Crippen LogP contribution is 2.26. The van der Waals surface area contributed by atoms with Crippen LogP contribution in [0.15, 0.2) is 15.7 Å². The minimum absolute atomic E-state index is 0.0788. The van der Waals surface area contributed by atoms with Crippen LogP contribution in [0.2, 0.25) is 0 Å². The molecule has 4 nitrogen and oxygen atoms in total. The zero-order valence-electron chi connectivity index (χ0n) is 12.4. The molecule has 0 unspecified atom stereocenters. The minimum atomic E-state index is -3.34. The largest absolute Gasteiger partial charge is 0.310 e. The fourth-order valence-corrected chi connectivity index (χ4v) is 5.17. The summed E-state index contributed by atoms with van der Waals surface area (Å²) in [5, 5.41) is 5.36. The van der Waals surface area contributed by atoms with E-state index in [2.05, 4.69) is 5.32 Å². The van der Waals surface area contributed by atoms with Crippen molar-refractivity contribution >= 4 is 21.4 Å². The molecule has 0 saturated heterocycles. The van der Waals surface area contributed by atoms with Gasteiger partial charge in [-0.15, -0.1) is 11.3 Å². The summed E-state index contributed by atoms with van der Waals surface area (Å²) in [7, 11) is -1.65. The van der Waals surface area contributed by atoms with Crippen molar-refractivity contribution in [2.45, 2.75) is 62.4 Å². The van der Waals surface area contributed by atoms with Gasteiger partial charge >= 0.3 is 0 Å². The third kappa shape index (κ3) is 3.61. The van der Waals surface area contributed by atoms with Crippen LogP contribution in [0.3, 0.4) is 0 Å². The lowest BCUT2D eigenvalue weighted by Gasteiger charge is -2.24. The average Bonchev–Trinajstić information content (AvgIpc) is 3.13. The summed E-state index contributed by atoms with van der Waals surface area (Å²) < 4.78 is 27.1. The van der Waals surface area contributed by atoms with Crippen LogP contribution in [-0.2, 0) is 16.6 Å². The van der Waals surface area contributed by atoms with Gasteiger partial charge in [-0.05, 0) is 42.7 Å². The average molecular weight is 316 g/mol. The van der Waals surface area contributed by atoms with E-state index < -0.39 is 10.0 Å². The van der Waals surface area contributed by atoms with Crippen LogP contribution in [0.5, 0.6) is 0 Å². The summed E-state index contributed by atoms with van der Waals surface area (Å²) in [6.07, 6.45) is 4.17. The second-order valence-corrected chi connectivity index (χ2v) is 8.56. The van der Waals surface area contributed by atoms with Crippen LogP contribution in [0.1, 0.15) is 45.1 Å². The van der Waals surface area contributed by atoms with Crippen molar-refractivity contribution < 1.29 is 8.42 Å². The molecule has 1 saturated carbocycles. The Morgan fingerprint density at radius 2 is 2.05 bits per heavy atom. The highest BCUT2D eigenvalue weighted by atomic mass is 32.2. The van der Waals surface area contributed by atoms with Gasteiger partial charge < -0.3 is 5.32 Å². The standard InChI is InChI=1S/C14H24N2O2S2/c1-4-13(5-2)16(3)20(17,18)14-8-11(10-19-14)9-15-12-6-7-12/h8,10,12-13,15H,4-7,9H2,1-3H3. The van der Waals surface area contributed by atoms with E-state index in [-0.39, 0.29) is 6.04 Å². The monoisotopic (exact) mass is 316 g/mol. The molecule has 1 fully saturated rings. The SMILES string of the molecule is CCC(CC)N(C)S(=O)(=O)c1cc(CNC2CC2)cs1. The highest BCUT2D eigenvalue weighted by Gasteiger charge is 2.27. The van der Waals surface area contributed by atoms with Gasteiger partial charge in [-0.1, -0.05) is 13.8 Å². The quantitative estimate of drug-likeness (QED) is 0.802. The molecule has 1 aromatic heterocycles. The van der Waals surface area contributed by atoms with Crippen LogP contribution in [-0.4, -0.2) is 31.9 Å². The summed E-state index contributed by atoms with van der Waals surface area (Å²) in [5.41, 5.74) is 1.07. The third-order valence-corrected chi connectivity index (χ3v) is 7.27. The summed E-state index contributed by atoms with van der Waals surface area (Å²) in [6, 6.07) is 2.53. The number of hydrogen-bond donors (Lipinski definition) is 1. The molecule has 114 valence electrons. The van der Waals surface area contributed by atoms with Crippen LogP contribution >= 0.6 is 11.3 Å². The molecule has 0 bridgehead atoms. The third-order valence-electron chi connectivity index (χ3n) is 3.89. The Labute approximate surface area is 126 Å². The predicted octanol–water partition coefficient (Wildman–Crippen LogP) is 2.81. The molecule has 1 aliphatic rings. The van der Waals surface area contributed by atoms with E-state index in [1.807, 2.05) is 25.3 Å². The number of thiophene rings is 1. The molecule has 1 aliphatic carbocycles. The first-order valence-corrected chi connectivity index (χ1v) is 9.59. The first-order chi connectivity index (χ1) is 9.48. The van der Waals surface area contributed by atoms with Crippen LogP contribution in [0, 0.1) is 0 Å². The van der Waals surface area contributed by atoms with Crippen molar-refractivity contribution in [2.24, 2.45) is 0 Å². The van der Waals surface area contributed by atoms with E-state index in [1.54, 1.807) is 7.05 Å². The van der Waals surface area contributed by atoms with Gasteiger partial charge in [0.1, 0.15) is 4.21 Å².